The predicted octanol–water partition coefficient (Wildman–Crippen LogP) is 2.69. The van der Waals surface area contributed by atoms with Crippen molar-refractivity contribution in [3.8, 4) is 17.2 Å². The van der Waals surface area contributed by atoms with Crippen molar-refractivity contribution in [3.05, 3.63) is 58.3 Å². The summed E-state index contributed by atoms with van der Waals surface area (Å²) in [6, 6.07) is 11.0. The number of methoxy groups -OCH3 is 1. The number of aliphatic hydroxyl groups is 1. The number of aliphatic hydroxyl groups excluding tert-OH is 1. The first kappa shape index (κ1) is 20.4. The quantitative estimate of drug-likeness (QED) is 0.672. The molecule has 3 N–H and O–H groups in total. The first-order valence-electron chi connectivity index (χ1n) is 9.25. The zero-order chi connectivity index (χ0) is 20.3. The lowest BCUT2D eigenvalue weighted by Gasteiger charge is -2.35. The smallest absolute Gasteiger partial charge is 0.135 e. The van der Waals surface area contributed by atoms with Gasteiger partial charge in [-0.1, -0.05) is 12.1 Å². The van der Waals surface area contributed by atoms with E-state index in [1.807, 2.05) is 24.3 Å². The number of aromatic hydroxyl groups is 1. The van der Waals surface area contributed by atoms with Gasteiger partial charge in [0.25, 0.3) is 0 Å². The molecule has 0 bridgehead atoms. The highest BCUT2D eigenvalue weighted by atomic mass is 16.6. The Labute approximate surface area is 165 Å². The van der Waals surface area contributed by atoms with Crippen molar-refractivity contribution in [2.45, 2.75) is 38.5 Å². The maximum absolute atomic E-state index is 11.5. The molecule has 0 saturated heterocycles. The Morgan fingerprint density at radius 1 is 1.25 bits per heavy atom. The number of hydrogen-bond acceptors (Lipinski definition) is 7. The number of hydroxylamine groups is 2. The molecule has 1 aliphatic heterocycles. The first-order valence-corrected chi connectivity index (χ1v) is 9.25. The Hall–Kier alpha value is -2.32. The Kier molecular flexibility index (Phi) is 6.10. The summed E-state index contributed by atoms with van der Waals surface area (Å²) in [5, 5.41) is 36.3. The van der Waals surface area contributed by atoms with Gasteiger partial charge in [0.1, 0.15) is 24.0 Å². The van der Waals surface area contributed by atoms with E-state index in [0.717, 1.165) is 17.7 Å². The molecule has 1 unspecified atom stereocenters. The lowest BCUT2D eigenvalue weighted by Crippen LogP contribution is -2.43. The van der Waals surface area contributed by atoms with Crippen LogP contribution in [0.5, 0.6) is 17.2 Å². The summed E-state index contributed by atoms with van der Waals surface area (Å²) < 4.78 is 10.7. The highest BCUT2D eigenvalue weighted by Crippen LogP contribution is 2.38. The summed E-state index contributed by atoms with van der Waals surface area (Å²) in [4.78, 5) is 0. The molecule has 0 fully saturated rings. The summed E-state index contributed by atoms with van der Waals surface area (Å²) in [6.07, 6.45) is -0.0540. The molecule has 0 saturated carbocycles. The number of hydrogen-bond donors (Lipinski definition) is 3. The van der Waals surface area contributed by atoms with Gasteiger partial charge < -0.3 is 35.3 Å². The monoisotopic (exact) mass is 387 g/mol. The molecule has 2 aromatic carbocycles. The third-order valence-electron chi connectivity index (χ3n) is 4.89. The number of β-amino-alcohol motifs (C(OH)–C–C–N with tert-alkyl or cyclic N) is 1. The predicted molar refractivity (Wildman–Crippen MR) is 106 cm³/mol. The fourth-order valence-electron chi connectivity index (χ4n) is 3.38. The average molecular weight is 387 g/mol. The largest absolute Gasteiger partial charge is 0.783 e. The molecule has 2 aromatic rings. The lowest BCUT2D eigenvalue weighted by molar-refractivity contribution is 0.121. The minimum atomic E-state index is -0.831. The van der Waals surface area contributed by atoms with E-state index in [1.54, 1.807) is 13.2 Å². The molecule has 28 heavy (non-hydrogen) atoms. The van der Waals surface area contributed by atoms with E-state index in [-0.39, 0.29) is 24.6 Å². The van der Waals surface area contributed by atoms with E-state index >= 15 is 0 Å². The second-order valence-electron chi connectivity index (χ2n) is 7.70. The molecule has 0 radical (unpaired) electrons. The standard InChI is InChI=1S/C21H27N2O5/c1-21(2,10-14-4-6-15(27-3)7-5-14)22-11-19(25)16-8-9-18(24)17-12-23(26)13-28-20(16)17/h4-9,19,22,24-25H,10-13H2,1-3H3/q-1. The van der Waals surface area contributed by atoms with Gasteiger partial charge in [0.05, 0.1) is 13.2 Å². The van der Waals surface area contributed by atoms with Crippen LogP contribution in [0.4, 0.5) is 0 Å². The van der Waals surface area contributed by atoms with Gasteiger partial charge in [0.15, 0.2) is 0 Å². The van der Waals surface area contributed by atoms with Crippen molar-refractivity contribution < 1.29 is 19.7 Å². The van der Waals surface area contributed by atoms with E-state index in [2.05, 4.69) is 19.2 Å². The zero-order valence-corrected chi connectivity index (χ0v) is 16.4. The number of nitrogens with zero attached hydrogens (tertiary/aromatic N) is 1. The van der Waals surface area contributed by atoms with Crippen LogP contribution in [-0.2, 0) is 13.0 Å². The number of nitrogens with one attached hydrogen (secondary N) is 1. The topological polar surface area (TPSA) is 97.2 Å². The van der Waals surface area contributed by atoms with E-state index in [9.17, 15) is 15.4 Å². The van der Waals surface area contributed by atoms with Gasteiger partial charge in [-0.15, -0.1) is 0 Å². The third-order valence-corrected chi connectivity index (χ3v) is 4.89. The van der Waals surface area contributed by atoms with Crippen LogP contribution in [0.2, 0.25) is 0 Å². The van der Waals surface area contributed by atoms with Crippen molar-refractivity contribution in [3.63, 3.8) is 0 Å². The molecule has 3 rings (SSSR count). The molecule has 7 heteroatoms. The second-order valence-corrected chi connectivity index (χ2v) is 7.70. The van der Waals surface area contributed by atoms with E-state index in [0.29, 0.717) is 28.5 Å². The second kappa shape index (κ2) is 8.36. The van der Waals surface area contributed by atoms with Crippen LogP contribution in [0.15, 0.2) is 36.4 Å². The van der Waals surface area contributed by atoms with Crippen LogP contribution in [0.3, 0.4) is 0 Å². The number of phenolic OH excluding ortho intramolecular Hbond substituents is 1. The maximum Gasteiger partial charge on any atom is 0.135 e. The van der Waals surface area contributed by atoms with Crippen LogP contribution in [-0.4, -0.2) is 41.2 Å². The highest BCUT2D eigenvalue weighted by molar-refractivity contribution is 5.51. The van der Waals surface area contributed by atoms with Gasteiger partial charge in [0.2, 0.25) is 0 Å². The molecular formula is C21H27N2O5-. The molecule has 7 nitrogen and oxygen atoms in total. The van der Waals surface area contributed by atoms with Crippen molar-refractivity contribution in [2.24, 2.45) is 0 Å². The van der Waals surface area contributed by atoms with Crippen molar-refractivity contribution in [1.82, 2.24) is 10.4 Å². The van der Waals surface area contributed by atoms with Gasteiger partial charge in [-0.2, -0.15) is 0 Å². The zero-order valence-electron chi connectivity index (χ0n) is 16.4. The van der Waals surface area contributed by atoms with Gasteiger partial charge >= 0.3 is 0 Å². The molecule has 0 aromatic heterocycles. The molecular weight excluding hydrogens is 360 g/mol. The lowest BCUT2D eigenvalue weighted by atomic mass is 9.94. The van der Waals surface area contributed by atoms with Crippen LogP contribution in [0.1, 0.15) is 36.6 Å². The minimum Gasteiger partial charge on any atom is -0.783 e. The SMILES string of the molecule is COc1ccc(CC(C)(C)NCC(O)c2ccc(O)c3c2OCN([O-])C3)cc1. The summed E-state index contributed by atoms with van der Waals surface area (Å²) in [5.41, 5.74) is 1.89. The van der Waals surface area contributed by atoms with Crippen LogP contribution >= 0.6 is 0 Å². The number of benzene rings is 2. The molecule has 0 aliphatic carbocycles. The molecule has 0 spiro atoms. The highest BCUT2D eigenvalue weighted by Gasteiger charge is 2.25. The van der Waals surface area contributed by atoms with Gasteiger partial charge in [0, 0.05) is 29.8 Å². The van der Waals surface area contributed by atoms with Gasteiger partial charge in [-0.3, -0.25) is 0 Å². The molecule has 0 amide bonds. The normalized spacial score (nSPS) is 15.6. The Balaban J connectivity index is 1.66. The summed E-state index contributed by atoms with van der Waals surface area (Å²) in [5.74, 6) is 1.22. The van der Waals surface area contributed by atoms with Crippen molar-refractivity contribution in [2.75, 3.05) is 20.4 Å². The van der Waals surface area contributed by atoms with E-state index in [1.165, 1.54) is 6.07 Å². The Morgan fingerprint density at radius 2 is 1.96 bits per heavy atom. The van der Waals surface area contributed by atoms with E-state index < -0.39 is 6.10 Å². The molecule has 1 aliphatic rings. The van der Waals surface area contributed by atoms with Crippen molar-refractivity contribution >= 4 is 0 Å². The van der Waals surface area contributed by atoms with Gasteiger partial charge in [-0.25, -0.2) is 0 Å². The summed E-state index contributed by atoms with van der Waals surface area (Å²) in [7, 11) is 1.64. The molecule has 1 atom stereocenters. The average Bonchev–Trinajstić information content (AvgIpc) is 2.67. The molecule has 1 heterocycles. The summed E-state index contributed by atoms with van der Waals surface area (Å²) >= 11 is 0. The van der Waals surface area contributed by atoms with Crippen molar-refractivity contribution in [1.29, 1.82) is 0 Å². The number of rotatable bonds is 7. The van der Waals surface area contributed by atoms with Gasteiger partial charge in [-0.05, 0) is 50.1 Å². The number of fused-ring (bicyclic) bond motifs is 1. The van der Waals surface area contributed by atoms with Crippen LogP contribution < -0.4 is 14.8 Å². The Bertz CT molecular complexity index is 807. The van der Waals surface area contributed by atoms with E-state index in [4.69, 9.17) is 9.47 Å². The summed E-state index contributed by atoms with van der Waals surface area (Å²) in [6.45, 7) is 4.37. The van der Waals surface area contributed by atoms with Crippen LogP contribution in [0.25, 0.3) is 0 Å². The van der Waals surface area contributed by atoms with Crippen LogP contribution in [0, 0.1) is 5.21 Å². The Morgan fingerprint density at radius 3 is 2.64 bits per heavy atom. The fraction of sp³-hybridized carbons (Fsp3) is 0.429. The first-order chi connectivity index (χ1) is 13.3. The third kappa shape index (κ3) is 4.74. The number of phenols is 1. The minimum absolute atomic E-state index is 0.000653. The number of ether oxygens (including phenoxy) is 2. The fourth-order valence-corrected chi connectivity index (χ4v) is 3.38. The maximum atomic E-state index is 11.5. The molecule has 152 valence electrons.